The lowest BCUT2D eigenvalue weighted by Crippen LogP contribution is -2.06. The second-order valence-corrected chi connectivity index (χ2v) is 7.01. The van der Waals surface area contributed by atoms with Crippen LogP contribution in [0.1, 0.15) is 16.7 Å². The summed E-state index contributed by atoms with van der Waals surface area (Å²) in [4.78, 5) is 26.8. The summed E-state index contributed by atoms with van der Waals surface area (Å²) in [5.74, 6) is -0.0534. The van der Waals surface area contributed by atoms with E-state index in [1.54, 1.807) is 30.3 Å². The molecule has 154 valence electrons. The van der Waals surface area contributed by atoms with Gasteiger partial charge in [0.1, 0.15) is 12.4 Å². The zero-order valence-corrected chi connectivity index (χ0v) is 16.8. The van der Waals surface area contributed by atoms with Crippen LogP contribution in [-0.4, -0.2) is 16.8 Å². The number of nitrogens with zero attached hydrogens (tertiary/aromatic N) is 2. The Morgan fingerprint density at radius 3 is 2.52 bits per heavy atom. The van der Waals surface area contributed by atoms with E-state index in [0.717, 1.165) is 5.56 Å². The summed E-state index contributed by atoms with van der Waals surface area (Å²) in [6, 6.07) is 20.8. The summed E-state index contributed by atoms with van der Waals surface area (Å²) in [5.41, 5.74) is 1.84. The normalized spacial score (nSPS) is 14.3. The molecular formula is C23H15ClN2O5. The zero-order chi connectivity index (χ0) is 21.8. The van der Waals surface area contributed by atoms with E-state index in [4.69, 9.17) is 21.1 Å². The van der Waals surface area contributed by atoms with Crippen LogP contribution in [0.4, 0.5) is 5.69 Å². The molecular weight excluding hydrogens is 420 g/mol. The molecule has 3 aromatic carbocycles. The Morgan fingerprint density at radius 2 is 1.81 bits per heavy atom. The van der Waals surface area contributed by atoms with Crippen LogP contribution in [0.3, 0.4) is 0 Å². The second kappa shape index (κ2) is 8.81. The molecule has 1 aliphatic heterocycles. The third-order valence-electron chi connectivity index (χ3n) is 4.44. The summed E-state index contributed by atoms with van der Waals surface area (Å²) in [5, 5.41) is 11.2. The number of halogens is 1. The molecule has 8 heteroatoms. The number of nitro benzene ring substituents is 1. The molecule has 0 aromatic heterocycles. The number of benzene rings is 3. The van der Waals surface area contributed by atoms with Gasteiger partial charge in [-0.05, 0) is 35.4 Å². The largest absolute Gasteiger partial charge is 0.489 e. The maximum atomic E-state index is 12.2. The summed E-state index contributed by atoms with van der Waals surface area (Å²) in [6.07, 6.45) is 1.56. The average molecular weight is 435 g/mol. The molecule has 0 fully saturated rings. The molecule has 7 nitrogen and oxygen atoms in total. The number of hydrogen-bond donors (Lipinski definition) is 0. The Bertz CT molecular complexity index is 1200. The van der Waals surface area contributed by atoms with E-state index in [1.807, 2.05) is 30.3 Å². The van der Waals surface area contributed by atoms with Crippen LogP contribution in [-0.2, 0) is 16.1 Å². The molecule has 0 aliphatic carbocycles. The minimum absolute atomic E-state index is 0.0653. The molecule has 0 N–H and O–H groups in total. The first-order valence-corrected chi connectivity index (χ1v) is 9.61. The van der Waals surface area contributed by atoms with E-state index in [2.05, 4.69) is 4.99 Å². The Balaban J connectivity index is 1.51. The van der Waals surface area contributed by atoms with Crippen molar-refractivity contribution in [3.63, 3.8) is 0 Å². The quantitative estimate of drug-likeness (QED) is 0.231. The predicted molar refractivity (Wildman–Crippen MR) is 116 cm³/mol. The third kappa shape index (κ3) is 4.79. The first-order valence-electron chi connectivity index (χ1n) is 9.23. The number of nitro groups is 1. The Morgan fingerprint density at radius 1 is 1.06 bits per heavy atom. The van der Waals surface area contributed by atoms with Crippen molar-refractivity contribution < 1.29 is 19.2 Å². The van der Waals surface area contributed by atoms with E-state index in [9.17, 15) is 14.9 Å². The number of esters is 1. The van der Waals surface area contributed by atoms with Crippen molar-refractivity contribution in [3.8, 4) is 5.75 Å². The fourth-order valence-electron chi connectivity index (χ4n) is 2.87. The van der Waals surface area contributed by atoms with Gasteiger partial charge in [0.15, 0.2) is 5.70 Å². The predicted octanol–water partition coefficient (Wildman–Crippen LogP) is 5.17. The van der Waals surface area contributed by atoms with E-state index >= 15 is 0 Å². The van der Waals surface area contributed by atoms with Crippen LogP contribution >= 0.6 is 11.6 Å². The maximum absolute atomic E-state index is 12.2. The summed E-state index contributed by atoms with van der Waals surface area (Å²) in [6.45, 7) is 0.450. The highest BCUT2D eigenvalue weighted by Crippen LogP contribution is 2.27. The summed E-state index contributed by atoms with van der Waals surface area (Å²) < 4.78 is 10.9. The molecule has 3 aromatic rings. The highest BCUT2D eigenvalue weighted by Gasteiger charge is 2.27. The van der Waals surface area contributed by atoms with Crippen LogP contribution in [0.25, 0.3) is 6.08 Å². The van der Waals surface area contributed by atoms with Crippen molar-refractivity contribution in [1.82, 2.24) is 0 Å². The highest BCUT2D eigenvalue weighted by molar-refractivity contribution is 6.34. The topological polar surface area (TPSA) is 91.0 Å². The highest BCUT2D eigenvalue weighted by atomic mass is 35.5. The van der Waals surface area contributed by atoms with E-state index in [-0.39, 0.29) is 27.9 Å². The van der Waals surface area contributed by atoms with Crippen LogP contribution in [0.2, 0.25) is 5.02 Å². The fraction of sp³-hybridized carbons (Fsp3) is 0.0435. The standard InChI is InChI=1S/C23H15ClN2O5/c24-20-11-8-17(26(28)29)13-19(20)22-25-21(23(27)31-22)12-15-6-9-18(10-7-15)30-14-16-4-2-1-3-5-16/h1-13H,14H2. The summed E-state index contributed by atoms with van der Waals surface area (Å²) >= 11 is 6.10. The molecule has 0 saturated carbocycles. The second-order valence-electron chi connectivity index (χ2n) is 6.60. The molecule has 0 unspecified atom stereocenters. The number of ether oxygens (including phenoxy) is 2. The molecule has 4 rings (SSSR count). The Labute approximate surface area is 182 Å². The van der Waals surface area contributed by atoms with Crippen molar-refractivity contribution in [2.75, 3.05) is 0 Å². The van der Waals surface area contributed by atoms with Gasteiger partial charge in [-0.3, -0.25) is 10.1 Å². The minimum Gasteiger partial charge on any atom is -0.489 e. The van der Waals surface area contributed by atoms with Gasteiger partial charge >= 0.3 is 5.97 Å². The number of rotatable bonds is 6. The molecule has 1 aliphatic rings. The van der Waals surface area contributed by atoms with Gasteiger partial charge in [0.25, 0.3) is 5.69 Å². The molecule has 31 heavy (non-hydrogen) atoms. The number of non-ortho nitro benzene ring substituents is 1. The van der Waals surface area contributed by atoms with Gasteiger partial charge in [0, 0.05) is 12.1 Å². The van der Waals surface area contributed by atoms with Crippen molar-refractivity contribution in [3.05, 3.63) is 110 Å². The van der Waals surface area contributed by atoms with E-state index in [1.165, 1.54) is 18.2 Å². The number of cyclic esters (lactones) is 1. The number of aliphatic imine (C=N–C) groups is 1. The van der Waals surface area contributed by atoms with Crippen LogP contribution in [0.5, 0.6) is 5.75 Å². The van der Waals surface area contributed by atoms with Gasteiger partial charge in [-0.25, -0.2) is 9.79 Å². The minimum atomic E-state index is -0.665. The lowest BCUT2D eigenvalue weighted by Gasteiger charge is -2.06. The molecule has 0 amide bonds. The van der Waals surface area contributed by atoms with E-state index < -0.39 is 10.9 Å². The van der Waals surface area contributed by atoms with E-state index in [0.29, 0.717) is 17.9 Å². The van der Waals surface area contributed by atoms with Crippen LogP contribution in [0.15, 0.2) is 83.5 Å². The number of carbonyl (C=O) groups excluding carboxylic acids is 1. The molecule has 0 saturated heterocycles. The van der Waals surface area contributed by atoms with Crippen molar-refractivity contribution in [1.29, 1.82) is 0 Å². The van der Waals surface area contributed by atoms with Crippen molar-refractivity contribution >= 4 is 35.2 Å². The van der Waals surface area contributed by atoms with Gasteiger partial charge < -0.3 is 9.47 Å². The SMILES string of the molecule is O=C1OC(c2cc([N+](=O)[O-])ccc2Cl)=NC1=Cc1ccc(OCc2ccccc2)cc1. The molecule has 0 radical (unpaired) electrons. The van der Waals surface area contributed by atoms with Gasteiger partial charge in [0.05, 0.1) is 15.5 Å². The average Bonchev–Trinajstić information content (AvgIpc) is 3.14. The monoisotopic (exact) mass is 434 g/mol. The molecule has 1 heterocycles. The molecule has 0 bridgehead atoms. The molecule has 0 spiro atoms. The number of carbonyl (C=O) groups is 1. The van der Waals surface area contributed by atoms with Gasteiger partial charge in [-0.2, -0.15) is 0 Å². The lowest BCUT2D eigenvalue weighted by molar-refractivity contribution is -0.384. The molecule has 0 atom stereocenters. The first kappa shape index (κ1) is 20.3. The van der Waals surface area contributed by atoms with Crippen LogP contribution < -0.4 is 4.74 Å². The Kier molecular flexibility index (Phi) is 5.77. The van der Waals surface area contributed by atoms with Crippen molar-refractivity contribution in [2.45, 2.75) is 6.61 Å². The van der Waals surface area contributed by atoms with Crippen LogP contribution in [0, 0.1) is 10.1 Å². The van der Waals surface area contributed by atoms with Gasteiger partial charge in [-0.1, -0.05) is 54.1 Å². The third-order valence-corrected chi connectivity index (χ3v) is 4.77. The van der Waals surface area contributed by atoms with Gasteiger partial charge in [-0.15, -0.1) is 0 Å². The van der Waals surface area contributed by atoms with Gasteiger partial charge in [0.2, 0.25) is 5.90 Å². The first-order chi connectivity index (χ1) is 15.0. The number of hydrogen-bond acceptors (Lipinski definition) is 6. The zero-order valence-electron chi connectivity index (χ0n) is 16.0. The fourth-order valence-corrected chi connectivity index (χ4v) is 3.07. The maximum Gasteiger partial charge on any atom is 0.363 e. The summed E-state index contributed by atoms with van der Waals surface area (Å²) in [7, 11) is 0. The van der Waals surface area contributed by atoms with Crippen molar-refractivity contribution in [2.24, 2.45) is 4.99 Å². The lowest BCUT2D eigenvalue weighted by atomic mass is 10.2. The Hall–Kier alpha value is -3.97. The smallest absolute Gasteiger partial charge is 0.363 e.